The molecule has 1 aliphatic rings. The van der Waals surface area contributed by atoms with E-state index in [0.29, 0.717) is 0 Å². The standard InChI is InChI=1S/C19H33N5O/c1-23(2)14-9-5-3-4-7-13-21-19(25)22-17-11-15-24(16-17)18-10-6-8-12-20-18/h6,8,10,12,17H,3-5,7,9,11,13-16H2,1-2H3,(H2,21,22,25). The van der Waals surface area contributed by atoms with Crippen molar-refractivity contribution < 1.29 is 4.79 Å². The number of nitrogens with one attached hydrogen (secondary N) is 2. The number of hydrogen-bond donors (Lipinski definition) is 2. The highest BCUT2D eigenvalue weighted by Crippen LogP contribution is 2.17. The number of pyridine rings is 1. The average molecular weight is 348 g/mol. The molecule has 0 aromatic carbocycles. The molecule has 1 aromatic heterocycles. The Balaban J connectivity index is 1.50. The second-order valence-electron chi connectivity index (χ2n) is 7.09. The van der Waals surface area contributed by atoms with Gasteiger partial charge in [0.25, 0.3) is 0 Å². The first-order valence-electron chi connectivity index (χ1n) is 9.50. The number of aromatic nitrogens is 1. The third-order valence-electron chi connectivity index (χ3n) is 4.56. The molecule has 2 amide bonds. The van der Waals surface area contributed by atoms with Gasteiger partial charge in [-0.25, -0.2) is 9.78 Å². The molecular weight excluding hydrogens is 314 g/mol. The average Bonchev–Trinajstić information content (AvgIpc) is 3.06. The Morgan fingerprint density at radius 2 is 2.04 bits per heavy atom. The van der Waals surface area contributed by atoms with E-state index in [0.717, 1.165) is 44.8 Å². The summed E-state index contributed by atoms with van der Waals surface area (Å²) in [5, 5.41) is 6.06. The van der Waals surface area contributed by atoms with Crippen LogP contribution in [0.5, 0.6) is 0 Å². The Bertz CT molecular complexity index is 494. The van der Waals surface area contributed by atoms with Crippen LogP contribution in [0.1, 0.15) is 38.5 Å². The summed E-state index contributed by atoms with van der Waals surface area (Å²) < 4.78 is 0. The van der Waals surface area contributed by atoms with Gasteiger partial charge in [0.15, 0.2) is 0 Å². The van der Waals surface area contributed by atoms with Gasteiger partial charge in [-0.15, -0.1) is 0 Å². The molecule has 25 heavy (non-hydrogen) atoms. The molecule has 0 radical (unpaired) electrons. The van der Waals surface area contributed by atoms with E-state index in [1.54, 1.807) is 0 Å². The van der Waals surface area contributed by atoms with E-state index < -0.39 is 0 Å². The molecule has 2 N–H and O–H groups in total. The van der Waals surface area contributed by atoms with Crippen molar-refractivity contribution in [1.29, 1.82) is 0 Å². The molecule has 0 aliphatic carbocycles. The SMILES string of the molecule is CN(C)CCCCCCCNC(=O)NC1CCN(c2ccccn2)C1. The van der Waals surface area contributed by atoms with Gasteiger partial charge in [-0.05, 0) is 52.0 Å². The van der Waals surface area contributed by atoms with E-state index in [1.165, 1.54) is 25.7 Å². The molecular formula is C19H33N5O. The molecule has 140 valence electrons. The van der Waals surface area contributed by atoms with Crippen LogP contribution in [0.25, 0.3) is 0 Å². The Hall–Kier alpha value is -1.82. The number of unbranched alkanes of at least 4 members (excludes halogenated alkanes) is 4. The molecule has 1 unspecified atom stereocenters. The zero-order valence-electron chi connectivity index (χ0n) is 15.7. The monoisotopic (exact) mass is 347 g/mol. The minimum atomic E-state index is -0.0412. The number of rotatable bonds is 10. The van der Waals surface area contributed by atoms with Crippen LogP contribution in [0.15, 0.2) is 24.4 Å². The van der Waals surface area contributed by atoms with Gasteiger partial charge in [0, 0.05) is 31.9 Å². The van der Waals surface area contributed by atoms with E-state index in [2.05, 4.69) is 39.5 Å². The maximum Gasteiger partial charge on any atom is 0.315 e. The molecule has 1 fully saturated rings. The van der Waals surface area contributed by atoms with Crippen molar-refractivity contribution in [3.63, 3.8) is 0 Å². The lowest BCUT2D eigenvalue weighted by atomic mass is 10.1. The molecule has 6 heteroatoms. The van der Waals surface area contributed by atoms with Gasteiger partial charge in [0.05, 0.1) is 0 Å². The van der Waals surface area contributed by atoms with Crippen LogP contribution in [-0.2, 0) is 0 Å². The van der Waals surface area contributed by atoms with Gasteiger partial charge >= 0.3 is 6.03 Å². The fourth-order valence-electron chi connectivity index (χ4n) is 3.15. The van der Waals surface area contributed by atoms with Crippen LogP contribution >= 0.6 is 0 Å². The van der Waals surface area contributed by atoms with Crippen LogP contribution in [0.2, 0.25) is 0 Å². The van der Waals surface area contributed by atoms with Gasteiger partial charge in [-0.3, -0.25) is 0 Å². The number of anilines is 1. The maximum atomic E-state index is 12.0. The normalized spacial score (nSPS) is 17.1. The highest BCUT2D eigenvalue weighted by Gasteiger charge is 2.24. The molecule has 0 spiro atoms. The van der Waals surface area contributed by atoms with Crippen LogP contribution < -0.4 is 15.5 Å². The minimum absolute atomic E-state index is 0.0412. The lowest BCUT2D eigenvalue weighted by Crippen LogP contribution is -2.43. The zero-order valence-corrected chi connectivity index (χ0v) is 15.7. The van der Waals surface area contributed by atoms with Crippen molar-refractivity contribution in [3.05, 3.63) is 24.4 Å². The van der Waals surface area contributed by atoms with E-state index in [1.807, 2.05) is 24.4 Å². The van der Waals surface area contributed by atoms with E-state index >= 15 is 0 Å². The number of amides is 2. The Morgan fingerprint density at radius 1 is 1.24 bits per heavy atom. The zero-order chi connectivity index (χ0) is 17.9. The molecule has 1 saturated heterocycles. The summed E-state index contributed by atoms with van der Waals surface area (Å²) in [4.78, 5) is 20.8. The first-order chi connectivity index (χ1) is 12.1. The van der Waals surface area contributed by atoms with E-state index in [9.17, 15) is 4.79 Å². The van der Waals surface area contributed by atoms with Gasteiger partial charge in [-0.2, -0.15) is 0 Å². The van der Waals surface area contributed by atoms with E-state index in [-0.39, 0.29) is 12.1 Å². The first kappa shape index (κ1) is 19.5. The molecule has 6 nitrogen and oxygen atoms in total. The first-order valence-corrected chi connectivity index (χ1v) is 9.50. The highest BCUT2D eigenvalue weighted by molar-refractivity contribution is 5.74. The number of hydrogen-bond acceptors (Lipinski definition) is 4. The lowest BCUT2D eigenvalue weighted by Gasteiger charge is -2.18. The predicted molar refractivity (Wildman–Crippen MR) is 103 cm³/mol. The van der Waals surface area contributed by atoms with Crippen LogP contribution in [0, 0.1) is 0 Å². The van der Waals surface area contributed by atoms with Crippen LogP contribution in [0.3, 0.4) is 0 Å². The van der Waals surface area contributed by atoms with Gasteiger partial charge < -0.3 is 20.4 Å². The molecule has 0 bridgehead atoms. The van der Waals surface area contributed by atoms with Crippen molar-refractivity contribution in [3.8, 4) is 0 Å². The van der Waals surface area contributed by atoms with Crippen LogP contribution in [0.4, 0.5) is 10.6 Å². The smallest absolute Gasteiger partial charge is 0.315 e. The molecule has 1 atom stereocenters. The van der Waals surface area contributed by atoms with Crippen molar-refractivity contribution in [2.75, 3.05) is 45.2 Å². The molecule has 2 heterocycles. The molecule has 1 aliphatic heterocycles. The van der Waals surface area contributed by atoms with Crippen LogP contribution in [-0.4, -0.2) is 62.2 Å². The minimum Gasteiger partial charge on any atom is -0.354 e. The Kier molecular flexibility index (Phi) is 8.52. The Morgan fingerprint density at radius 3 is 2.80 bits per heavy atom. The summed E-state index contributed by atoms with van der Waals surface area (Å²) in [7, 11) is 4.23. The fraction of sp³-hybridized carbons (Fsp3) is 0.684. The summed E-state index contributed by atoms with van der Waals surface area (Å²) in [6.07, 6.45) is 8.80. The van der Waals surface area contributed by atoms with Crippen molar-refractivity contribution in [2.45, 2.75) is 44.6 Å². The highest BCUT2D eigenvalue weighted by atomic mass is 16.2. The third kappa shape index (κ3) is 7.73. The molecule has 1 aromatic rings. The summed E-state index contributed by atoms with van der Waals surface area (Å²) in [6.45, 7) is 3.69. The topological polar surface area (TPSA) is 60.5 Å². The molecule has 0 saturated carbocycles. The van der Waals surface area contributed by atoms with Gasteiger partial charge in [0.2, 0.25) is 0 Å². The fourth-order valence-corrected chi connectivity index (χ4v) is 3.15. The summed E-state index contributed by atoms with van der Waals surface area (Å²) in [6, 6.07) is 6.09. The molecule has 2 rings (SSSR count). The van der Waals surface area contributed by atoms with E-state index in [4.69, 9.17) is 0 Å². The van der Waals surface area contributed by atoms with Gasteiger partial charge in [-0.1, -0.05) is 25.3 Å². The third-order valence-corrected chi connectivity index (χ3v) is 4.56. The summed E-state index contributed by atoms with van der Waals surface area (Å²) in [5.74, 6) is 0.987. The lowest BCUT2D eigenvalue weighted by molar-refractivity contribution is 0.237. The number of carbonyl (C=O) groups excluding carboxylic acids is 1. The predicted octanol–water partition coefficient (Wildman–Crippen LogP) is 2.47. The summed E-state index contributed by atoms with van der Waals surface area (Å²) in [5.41, 5.74) is 0. The second kappa shape index (κ2) is 10.9. The number of urea groups is 1. The maximum absolute atomic E-state index is 12.0. The number of carbonyl (C=O) groups is 1. The van der Waals surface area contributed by atoms with Gasteiger partial charge in [0.1, 0.15) is 5.82 Å². The Labute approximate surface area is 152 Å². The number of nitrogens with zero attached hydrogens (tertiary/aromatic N) is 3. The summed E-state index contributed by atoms with van der Waals surface area (Å²) >= 11 is 0. The van der Waals surface area contributed by atoms with Crippen molar-refractivity contribution in [1.82, 2.24) is 20.5 Å². The largest absolute Gasteiger partial charge is 0.354 e. The quantitative estimate of drug-likeness (QED) is 0.638. The second-order valence-corrected chi connectivity index (χ2v) is 7.09. The van der Waals surface area contributed by atoms with Crippen molar-refractivity contribution >= 4 is 11.8 Å². The van der Waals surface area contributed by atoms with Crippen molar-refractivity contribution in [2.24, 2.45) is 0 Å².